The first-order valence-electron chi connectivity index (χ1n) is 16.7. The number of aromatic nitrogens is 4. The SMILES string of the molecule is O=S(=O)([O-])C1=Cc2nc1c1cc(S(=O)(=O)[O-])c([nH]1)c(-c1c(F)c(F)c(F)c(F)c1F)c1ccc([nH]1)c(-c1c(F)c(F)c(F)c(F)c1F)c1ccc([nH]1)c2-c1c(F)c(F)c(F)c(F)c1F. The molecule has 0 aliphatic carbocycles. The molecule has 1 aliphatic heterocycles. The normalized spacial score (nSPS) is 12.8. The summed E-state index contributed by atoms with van der Waals surface area (Å²) in [6.07, 6.45) is 0.0724. The van der Waals surface area contributed by atoms with E-state index in [9.17, 15) is 65.5 Å². The maximum absolute atomic E-state index is 15.8. The fourth-order valence-corrected chi connectivity index (χ4v) is 8.23. The van der Waals surface area contributed by atoms with Crippen LogP contribution in [0.4, 0.5) is 65.9 Å². The van der Waals surface area contributed by atoms with Crippen molar-refractivity contribution in [2.24, 2.45) is 0 Å². The van der Waals surface area contributed by atoms with Gasteiger partial charge in [0.15, 0.2) is 69.8 Å². The van der Waals surface area contributed by atoms with Crippen LogP contribution in [0.5, 0.6) is 0 Å². The number of rotatable bonds is 5. The summed E-state index contributed by atoms with van der Waals surface area (Å²) >= 11 is 0. The van der Waals surface area contributed by atoms with Crippen LogP contribution in [0.1, 0.15) is 11.4 Å². The Hall–Kier alpha value is -6.84. The number of hydrogen-bond acceptors (Lipinski definition) is 7. The fourth-order valence-electron chi connectivity index (χ4n) is 6.91. The van der Waals surface area contributed by atoms with Gasteiger partial charge < -0.3 is 24.1 Å². The molecule has 0 saturated carbocycles. The van der Waals surface area contributed by atoms with Gasteiger partial charge >= 0.3 is 0 Å². The van der Waals surface area contributed by atoms with E-state index < -0.39 is 195 Å². The van der Waals surface area contributed by atoms with Crippen molar-refractivity contribution in [3.05, 3.63) is 129 Å². The van der Waals surface area contributed by atoms with Gasteiger partial charge in [0.1, 0.15) is 25.9 Å². The van der Waals surface area contributed by atoms with Gasteiger partial charge in [0, 0.05) is 38.8 Å². The molecule has 8 rings (SSSR count). The lowest BCUT2D eigenvalue weighted by atomic mass is 10.0. The van der Waals surface area contributed by atoms with Crippen molar-refractivity contribution in [2.45, 2.75) is 4.90 Å². The molecule has 10 nitrogen and oxygen atoms in total. The zero-order chi connectivity index (χ0) is 47.0. The van der Waals surface area contributed by atoms with Crippen LogP contribution >= 0.6 is 0 Å². The first-order chi connectivity index (χ1) is 29.8. The van der Waals surface area contributed by atoms with E-state index in [1.165, 1.54) is 0 Å². The molecule has 64 heavy (non-hydrogen) atoms. The van der Waals surface area contributed by atoms with Crippen molar-refractivity contribution in [3.8, 4) is 33.4 Å². The monoisotopic (exact) mass is 954 g/mol. The maximum Gasteiger partial charge on any atom is 0.200 e. The van der Waals surface area contributed by atoms with E-state index in [1.807, 2.05) is 4.98 Å². The highest BCUT2D eigenvalue weighted by atomic mass is 32.2. The van der Waals surface area contributed by atoms with E-state index in [2.05, 4.69) is 15.0 Å². The van der Waals surface area contributed by atoms with E-state index in [1.54, 1.807) is 0 Å². The molecule has 3 N–H and O–H groups in total. The standard InChI is InChI=1S/C37H11F15N4O6S2/c38-21-18(22(39)28(45)33(50)27(21)44)15-7-1-2-9(53-7)16(19-23(40)29(46)34(51)30(47)24(19)41)11-5-13(63(57,58)59)36(55-11)12-6-14(64(60,61)62)37(56-12)17(10-4-3-8(15)54-10)20-25(42)31(48)35(52)32(49)26(20)43/h1-6,53-54,56H,(H,57,58,59)(H,60,61,62)/p-2. The zero-order valence-electron chi connectivity index (χ0n) is 29.8. The minimum absolute atomic E-state index is 0.0669. The maximum atomic E-state index is 15.8. The van der Waals surface area contributed by atoms with Crippen LogP contribution in [0.2, 0.25) is 0 Å². The summed E-state index contributed by atoms with van der Waals surface area (Å²) in [5.74, 6) is -40.8. The summed E-state index contributed by atoms with van der Waals surface area (Å²) in [5.41, 5.74) is -20.3. The number of fused-ring (bicyclic) bond motifs is 9. The van der Waals surface area contributed by atoms with Crippen LogP contribution in [0.25, 0.3) is 77.5 Å². The van der Waals surface area contributed by atoms with Crippen LogP contribution in [-0.2, 0) is 20.2 Å². The van der Waals surface area contributed by atoms with E-state index in [-0.39, 0.29) is 12.1 Å². The molecular weight excluding hydrogens is 946 g/mol. The predicted octanol–water partition coefficient (Wildman–Crippen LogP) is 9.56. The molecule has 0 unspecified atom stereocenters. The first-order valence-corrected chi connectivity index (χ1v) is 19.5. The Morgan fingerprint density at radius 2 is 0.719 bits per heavy atom. The van der Waals surface area contributed by atoms with Gasteiger partial charge in [-0.3, -0.25) is 0 Å². The molecular formula is C37H9F15N4O6S2-2. The van der Waals surface area contributed by atoms with Crippen LogP contribution in [0, 0.1) is 87.3 Å². The average molecular weight is 955 g/mol. The number of hydrogen-bond donors (Lipinski definition) is 3. The molecule has 0 spiro atoms. The van der Waals surface area contributed by atoms with E-state index in [0.29, 0.717) is 24.3 Å². The van der Waals surface area contributed by atoms with Gasteiger partial charge in [-0.15, -0.1) is 0 Å². The molecule has 27 heteroatoms. The van der Waals surface area contributed by atoms with Gasteiger partial charge in [-0.1, -0.05) is 0 Å². The molecule has 4 aromatic heterocycles. The topological polar surface area (TPSA) is 175 Å². The lowest BCUT2D eigenvalue weighted by molar-refractivity contribution is 0.381. The van der Waals surface area contributed by atoms with Gasteiger partial charge in [0.2, 0.25) is 17.5 Å². The Morgan fingerprint density at radius 1 is 0.391 bits per heavy atom. The fraction of sp³-hybridized carbons (Fsp3) is 0. The van der Waals surface area contributed by atoms with Gasteiger partial charge in [-0.05, 0) is 36.4 Å². The van der Waals surface area contributed by atoms with Crippen molar-refractivity contribution in [1.82, 2.24) is 19.9 Å². The second-order valence-electron chi connectivity index (χ2n) is 13.2. The number of nitrogens with one attached hydrogen (secondary N) is 3. The third kappa shape index (κ3) is 6.39. The van der Waals surface area contributed by atoms with Crippen LogP contribution in [0.15, 0.2) is 35.2 Å². The van der Waals surface area contributed by atoms with E-state index >= 15 is 26.3 Å². The highest BCUT2D eigenvalue weighted by molar-refractivity contribution is 7.95. The molecule has 0 atom stereocenters. The van der Waals surface area contributed by atoms with Gasteiger partial charge in [0.05, 0.1) is 43.2 Å². The third-order valence-electron chi connectivity index (χ3n) is 9.64. The van der Waals surface area contributed by atoms with E-state index in [4.69, 9.17) is 0 Å². The van der Waals surface area contributed by atoms with Crippen molar-refractivity contribution in [3.63, 3.8) is 0 Å². The van der Waals surface area contributed by atoms with Gasteiger partial charge in [0.25, 0.3) is 0 Å². The summed E-state index contributed by atoms with van der Waals surface area (Å²) in [4.78, 5) is 6.40. The molecule has 0 saturated heterocycles. The van der Waals surface area contributed by atoms with Crippen molar-refractivity contribution >= 4 is 64.3 Å². The predicted molar refractivity (Wildman–Crippen MR) is 187 cm³/mol. The Bertz CT molecular complexity index is 3610. The third-order valence-corrected chi connectivity index (χ3v) is 11.4. The highest BCUT2D eigenvalue weighted by Crippen LogP contribution is 2.44. The molecule has 0 radical (unpaired) electrons. The number of aromatic amines is 3. The molecule has 0 fully saturated rings. The van der Waals surface area contributed by atoms with Crippen molar-refractivity contribution < 1.29 is 91.8 Å². The Kier molecular flexibility index (Phi) is 9.99. The second-order valence-corrected chi connectivity index (χ2v) is 15.9. The lowest BCUT2D eigenvalue weighted by Crippen LogP contribution is -2.05. The van der Waals surface area contributed by atoms with E-state index in [0.717, 1.165) is 0 Å². The highest BCUT2D eigenvalue weighted by Gasteiger charge is 2.34. The van der Waals surface area contributed by atoms with Crippen molar-refractivity contribution in [1.29, 1.82) is 0 Å². The van der Waals surface area contributed by atoms with Crippen LogP contribution in [0.3, 0.4) is 0 Å². The summed E-state index contributed by atoms with van der Waals surface area (Å²) in [7, 11) is -12.3. The molecule has 8 bridgehead atoms. The number of nitrogens with zero attached hydrogens (tertiary/aromatic N) is 1. The molecule has 0 amide bonds. The first kappa shape index (κ1) is 43.8. The average Bonchev–Trinajstić information content (AvgIpc) is 4.07. The molecule has 7 aromatic rings. The molecule has 1 aliphatic rings. The van der Waals surface area contributed by atoms with Crippen LogP contribution in [-0.4, -0.2) is 45.9 Å². The molecule has 332 valence electrons. The minimum atomic E-state index is -6.19. The summed E-state index contributed by atoms with van der Waals surface area (Å²) < 4.78 is 303. The van der Waals surface area contributed by atoms with Crippen LogP contribution < -0.4 is 0 Å². The zero-order valence-corrected chi connectivity index (χ0v) is 31.5. The summed E-state index contributed by atoms with van der Waals surface area (Å²) in [6, 6.07) is 2.23. The molecule has 3 aromatic carbocycles. The quantitative estimate of drug-likeness (QED) is 0.0667. The summed E-state index contributed by atoms with van der Waals surface area (Å²) in [5, 5.41) is 0. The Morgan fingerprint density at radius 3 is 1.09 bits per heavy atom. The largest absolute Gasteiger partial charge is 0.744 e. The lowest BCUT2D eigenvalue weighted by Gasteiger charge is -2.12. The Labute approximate surface area is 342 Å². The number of benzene rings is 3. The second kappa shape index (κ2) is 14.6. The van der Waals surface area contributed by atoms with Crippen molar-refractivity contribution in [2.75, 3.05) is 0 Å². The smallest absolute Gasteiger partial charge is 0.200 e. The van der Waals surface area contributed by atoms with Gasteiger partial charge in [-0.2, -0.15) is 0 Å². The Balaban J connectivity index is 1.77. The van der Waals surface area contributed by atoms with Gasteiger partial charge in [-0.25, -0.2) is 87.7 Å². The minimum Gasteiger partial charge on any atom is -0.744 e. The number of halogens is 15. The molecule has 5 heterocycles. The summed E-state index contributed by atoms with van der Waals surface area (Å²) in [6.45, 7) is 0. The number of H-pyrrole nitrogens is 3.